The van der Waals surface area contributed by atoms with E-state index >= 15 is 0 Å². The molecule has 1 fully saturated rings. The SMILES string of the molecule is CCN(CC(=O)O)C1CC(NCc2cnc(C(F)(F)F)s2)C1. The Morgan fingerprint density at radius 2 is 2.23 bits per heavy atom. The molecule has 0 aromatic carbocycles. The highest BCUT2D eigenvalue weighted by atomic mass is 32.1. The van der Waals surface area contributed by atoms with E-state index in [2.05, 4.69) is 10.3 Å². The molecule has 1 aliphatic rings. The van der Waals surface area contributed by atoms with Gasteiger partial charge in [0.05, 0.1) is 6.54 Å². The Balaban J connectivity index is 1.74. The lowest BCUT2D eigenvalue weighted by molar-refractivity contribution is -0.139. The molecule has 1 heterocycles. The smallest absolute Gasteiger partial charge is 0.443 e. The fraction of sp³-hybridized carbons (Fsp3) is 0.692. The van der Waals surface area contributed by atoms with E-state index in [4.69, 9.17) is 5.11 Å². The lowest BCUT2D eigenvalue weighted by Crippen LogP contribution is -2.53. The van der Waals surface area contributed by atoms with E-state index < -0.39 is 17.2 Å². The van der Waals surface area contributed by atoms with Crippen molar-refractivity contribution in [3.8, 4) is 0 Å². The molecule has 0 unspecified atom stereocenters. The lowest BCUT2D eigenvalue weighted by atomic mass is 9.85. The first-order valence-corrected chi connectivity index (χ1v) is 7.82. The molecule has 0 aliphatic heterocycles. The Morgan fingerprint density at radius 1 is 1.55 bits per heavy atom. The minimum absolute atomic E-state index is 0.0255. The Bertz CT molecular complexity index is 515. The molecular weight excluding hydrogens is 319 g/mol. The van der Waals surface area contributed by atoms with Gasteiger partial charge in [-0.2, -0.15) is 13.2 Å². The number of likely N-dealkylation sites (N-methyl/N-ethyl adjacent to an activating group) is 1. The predicted molar refractivity (Wildman–Crippen MR) is 75.6 cm³/mol. The lowest BCUT2D eigenvalue weighted by Gasteiger charge is -2.42. The number of carbonyl (C=O) groups is 1. The number of hydrogen-bond acceptors (Lipinski definition) is 5. The second-order valence-electron chi connectivity index (χ2n) is 5.29. The number of aliphatic carboxylic acids is 1. The first-order valence-electron chi connectivity index (χ1n) is 7.00. The molecule has 124 valence electrons. The Morgan fingerprint density at radius 3 is 2.73 bits per heavy atom. The number of rotatable bonds is 7. The number of carboxylic acids is 1. The van der Waals surface area contributed by atoms with Crippen LogP contribution >= 0.6 is 11.3 Å². The van der Waals surface area contributed by atoms with Gasteiger partial charge >= 0.3 is 12.1 Å². The number of nitrogens with one attached hydrogen (secondary N) is 1. The van der Waals surface area contributed by atoms with E-state index in [1.807, 2.05) is 11.8 Å². The second-order valence-corrected chi connectivity index (χ2v) is 6.40. The molecule has 2 N–H and O–H groups in total. The third kappa shape index (κ3) is 4.40. The Kier molecular flexibility index (Phi) is 5.41. The maximum atomic E-state index is 12.4. The summed E-state index contributed by atoms with van der Waals surface area (Å²) in [5.41, 5.74) is 0. The minimum Gasteiger partial charge on any atom is -0.480 e. The molecule has 22 heavy (non-hydrogen) atoms. The Labute approximate surface area is 130 Å². The maximum absolute atomic E-state index is 12.4. The van der Waals surface area contributed by atoms with Crippen LogP contribution in [0.3, 0.4) is 0 Å². The van der Waals surface area contributed by atoms with E-state index in [-0.39, 0.29) is 18.6 Å². The Hall–Kier alpha value is -1.19. The number of aromatic nitrogens is 1. The van der Waals surface area contributed by atoms with Gasteiger partial charge in [-0.05, 0) is 19.4 Å². The van der Waals surface area contributed by atoms with Crippen molar-refractivity contribution in [1.82, 2.24) is 15.2 Å². The third-order valence-corrected chi connectivity index (χ3v) is 4.78. The van der Waals surface area contributed by atoms with Gasteiger partial charge < -0.3 is 10.4 Å². The molecule has 0 saturated heterocycles. The van der Waals surface area contributed by atoms with Crippen LogP contribution in [0.25, 0.3) is 0 Å². The van der Waals surface area contributed by atoms with Crippen LogP contribution in [0.1, 0.15) is 29.7 Å². The number of nitrogens with zero attached hydrogens (tertiary/aromatic N) is 2. The summed E-state index contributed by atoms with van der Waals surface area (Å²) >= 11 is 0.650. The summed E-state index contributed by atoms with van der Waals surface area (Å²) < 4.78 is 37.3. The monoisotopic (exact) mass is 337 g/mol. The molecule has 1 aromatic rings. The summed E-state index contributed by atoms with van der Waals surface area (Å²) in [6.07, 6.45) is -1.51. The van der Waals surface area contributed by atoms with Gasteiger partial charge in [0.1, 0.15) is 0 Å². The molecule has 9 heteroatoms. The van der Waals surface area contributed by atoms with Crippen molar-refractivity contribution < 1.29 is 23.1 Å². The molecule has 1 aliphatic carbocycles. The largest absolute Gasteiger partial charge is 0.480 e. The van der Waals surface area contributed by atoms with E-state index in [9.17, 15) is 18.0 Å². The average Bonchev–Trinajstić information content (AvgIpc) is 2.83. The van der Waals surface area contributed by atoms with Gasteiger partial charge in [0.25, 0.3) is 0 Å². The summed E-state index contributed by atoms with van der Waals surface area (Å²) in [5, 5.41) is 11.2. The van der Waals surface area contributed by atoms with Gasteiger partial charge in [0, 0.05) is 29.7 Å². The van der Waals surface area contributed by atoms with Crippen molar-refractivity contribution in [3.05, 3.63) is 16.1 Å². The second kappa shape index (κ2) is 6.93. The standard InChI is InChI=1S/C13H18F3N3O2S/c1-2-19(7-11(20)21)9-3-8(4-9)17-5-10-6-18-12(22-10)13(14,15)16/h6,8-9,17H,2-5,7H2,1H3,(H,20,21). The third-order valence-electron chi connectivity index (χ3n) is 3.74. The van der Waals surface area contributed by atoms with E-state index in [0.717, 1.165) is 12.8 Å². The first-order chi connectivity index (χ1) is 10.3. The molecule has 0 spiro atoms. The van der Waals surface area contributed by atoms with Crippen molar-refractivity contribution in [2.75, 3.05) is 13.1 Å². The van der Waals surface area contributed by atoms with Gasteiger partial charge in [-0.3, -0.25) is 9.69 Å². The number of alkyl halides is 3. The molecular formula is C13H18F3N3O2S. The van der Waals surface area contributed by atoms with Crippen LogP contribution < -0.4 is 5.32 Å². The summed E-state index contributed by atoms with van der Waals surface area (Å²) in [4.78, 5) is 16.6. The first kappa shape index (κ1) is 17.2. The highest BCUT2D eigenvalue weighted by molar-refractivity contribution is 7.11. The zero-order chi connectivity index (χ0) is 16.3. The summed E-state index contributed by atoms with van der Waals surface area (Å²) in [7, 11) is 0. The van der Waals surface area contributed by atoms with Crippen LogP contribution in [0.4, 0.5) is 13.2 Å². The molecule has 0 atom stereocenters. The van der Waals surface area contributed by atoms with Crippen LogP contribution in [0.2, 0.25) is 0 Å². The van der Waals surface area contributed by atoms with Crippen LogP contribution in [0.5, 0.6) is 0 Å². The summed E-state index contributed by atoms with van der Waals surface area (Å²) in [6.45, 7) is 2.97. The van der Waals surface area contributed by atoms with Gasteiger partial charge in [0.15, 0.2) is 5.01 Å². The van der Waals surface area contributed by atoms with Crippen molar-refractivity contribution in [2.45, 2.75) is 44.6 Å². The van der Waals surface area contributed by atoms with E-state index in [1.54, 1.807) is 0 Å². The summed E-state index contributed by atoms with van der Waals surface area (Å²) in [6, 6.07) is 0.440. The van der Waals surface area contributed by atoms with Crippen LogP contribution in [-0.4, -0.2) is 46.1 Å². The van der Waals surface area contributed by atoms with Gasteiger partial charge in [-0.1, -0.05) is 6.92 Å². The fourth-order valence-corrected chi connectivity index (χ4v) is 3.22. The topological polar surface area (TPSA) is 65.5 Å². The fourth-order valence-electron chi connectivity index (χ4n) is 2.49. The highest BCUT2D eigenvalue weighted by Gasteiger charge is 2.35. The average molecular weight is 337 g/mol. The zero-order valence-corrected chi connectivity index (χ0v) is 12.9. The number of carboxylic acid groups (broad SMARTS) is 1. The molecule has 0 radical (unpaired) electrons. The molecule has 2 rings (SSSR count). The van der Waals surface area contributed by atoms with Gasteiger partial charge in [-0.15, -0.1) is 11.3 Å². The quantitative estimate of drug-likeness (QED) is 0.798. The zero-order valence-electron chi connectivity index (χ0n) is 12.1. The predicted octanol–water partition coefficient (Wildman–Crippen LogP) is 2.19. The van der Waals surface area contributed by atoms with Crippen LogP contribution in [-0.2, 0) is 17.5 Å². The summed E-state index contributed by atoms with van der Waals surface area (Å²) in [5.74, 6) is -0.845. The van der Waals surface area contributed by atoms with E-state index in [1.165, 1.54) is 6.20 Å². The van der Waals surface area contributed by atoms with Gasteiger partial charge in [-0.25, -0.2) is 4.98 Å². The molecule has 5 nitrogen and oxygen atoms in total. The van der Waals surface area contributed by atoms with Crippen LogP contribution in [0, 0.1) is 0 Å². The normalized spacial score (nSPS) is 21.9. The van der Waals surface area contributed by atoms with Crippen molar-refractivity contribution in [2.24, 2.45) is 0 Å². The van der Waals surface area contributed by atoms with E-state index in [0.29, 0.717) is 29.3 Å². The molecule has 1 aromatic heterocycles. The minimum atomic E-state index is -4.39. The highest BCUT2D eigenvalue weighted by Crippen LogP contribution is 2.32. The number of halogens is 3. The van der Waals surface area contributed by atoms with Crippen molar-refractivity contribution in [1.29, 1.82) is 0 Å². The molecule has 0 bridgehead atoms. The molecule has 1 saturated carbocycles. The van der Waals surface area contributed by atoms with Crippen molar-refractivity contribution in [3.63, 3.8) is 0 Å². The number of thiazole rings is 1. The van der Waals surface area contributed by atoms with Crippen LogP contribution in [0.15, 0.2) is 6.20 Å². The van der Waals surface area contributed by atoms with Gasteiger partial charge in [0.2, 0.25) is 0 Å². The molecule has 0 amide bonds. The maximum Gasteiger partial charge on any atom is 0.443 e. The number of hydrogen-bond donors (Lipinski definition) is 2. The van der Waals surface area contributed by atoms with Crippen molar-refractivity contribution >= 4 is 17.3 Å².